The van der Waals surface area contributed by atoms with Crippen LogP contribution in [0.2, 0.25) is 10.0 Å². The number of nitrogens with zero attached hydrogens (tertiary/aromatic N) is 4. The highest BCUT2D eigenvalue weighted by molar-refractivity contribution is 6.35. The Bertz CT molecular complexity index is 2820. The number of carbonyl (C=O) groups is 6. The van der Waals surface area contributed by atoms with Crippen LogP contribution in [0.15, 0.2) is 111 Å². The van der Waals surface area contributed by atoms with Crippen LogP contribution in [0.3, 0.4) is 0 Å². The van der Waals surface area contributed by atoms with Crippen LogP contribution in [0.4, 0.5) is 34.1 Å². The number of halogens is 5. The number of benzene rings is 5. The molecule has 0 fully saturated rings. The van der Waals surface area contributed by atoms with Crippen LogP contribution in [0.25, 0.3) is 0 Å². The average Bonchev–Trinajstić information content (AvgIpc) is 3.30. The lowest BCUT2D eigenvalue weighted by molar-refractivity contribution is -0.127. The van der Waals surface area contributed by atoms with Crippen molar-refractivity contribution >= 4 is 127 Å². The van der Waals surface area contributed by atoms with Gasteiger partial charge in [0.05, 0.1) is 57.5 Å². The van der Waals surface area contributed by atoms with E-state index in [-0.39, 0.29) is 49.8 Å². The van der Waals surface area contributed by atoms with E-state index in [1.54, 1.807) is 50.2 Å². The molecule has 0 aromatic heterocycles. The number of anilines is 4. The molecule has 4 unspecified atom stereocenters. The monoisotopic (exact) mass is 1020 g/mol. The maximum absolute atomic E-state index is 13.4. The van der Waals surface area contributed by atoms with Gasteiger partial charge in [0, 0.05) is 39.8 Å². The van der Waals surface area contributed by atoms with Crippen molar-refractivity contribution in [2.45, 2.75) is 56.4 Å². The third-order valence-corrected chi connectivity index (χ3v) is 11.3. The van der Waals surface area contributed by atoms with E-state index in [2.05, 4.69) is 41.7 Å². The predicted molar refractivity (Wildman–Crippen MR) is 265 cm³/mol. The molecule has 21 heteroatoms. The van der Waals surface area contributed by atoms with E-state index in [1.807, 2.05) is 0 Å². The van der Waals surface area contributed by atoms with Gasteiger partial charge in [-0.3, -0.25) is 28.8 Å². The van der Waals surface area contributed by atoms with Gasteiger partial charge in [0.25, 0.3) is 23.6 Å². The summed E-state index contributed by atoms with van der Waals surface area (Å²) >= 11 is 31.5. The van der Waals surface area contributed by atoms with Crippen molar-refractivity contribution in [3.63, 3.8) is 0 Å². The normalized spacial score (nSPS) is 13.0. The lowest BCUT2D eigenvalue weighted by Crippen LogP contribution is -2.32. The van der Waals surface area contributed by atoms with E-state index in [0.717, 1.165) is 13.8 Å². The molecule has 4 atom stereocenters. The Hall–Kier alpha value is -6.43. The van der Waals surface area contributed by atoms with Crippen LogP contribution in [0, 0.1) is 0 Å². The van der Waals surface area contributed by atoms with Crippen molar-refractivity contribution in [3.8, 4) is 11.5 Å². The van der Waals surface area contributed by atoms with Crippen LogP contribution >= 0.6 is 58.0 Å². The molecule has 354 valence electrons. The molecule has 0 aliphatic heterocycles. The minimum Gasteiger partial charge on any atom is -0.496 e. The smallest absolute Gasteiger partial charge is 0.258 e. The number of alkyl halides is 3. The van der Waals surface area contributed by atoms with Crippen molar-refractivity contribution in [1.82, 2.24) is 0 Å². The Balaban J connectivity index is 1.25. The molecular weight excluding hydrogens is 982 g/mol. The number of carbonyl (C=O) groups excluding carboxylic acids is 6. The first-order valence-electron chi connectivity index (χ1n) is 20.3. The molecule has 5 aromatic carbocycles. The fourth-order valence-corrected chi connectivity index (χ4v) is 7.31. The Kier molecular flexibility index (Phi) is 18.6. The molecule has 4 N–H and O–H groups in total. The van der Waals surface area contributed by atoms with E-state index >= 15 is 0 Å². The Morgan fingerprint density at radius 2 is 0.971 bits per heavy atom. The van der Waals surface area contributed by atoms with Crippen LogP contribution in [-0.4, -0.2) is 61.5 Å². The summed E-state index contributed by atoms with van der Waals surface area (Å²) < 4.78 is 10.7. The van der Waals surface area contributed by atoms with Gasteiger partial charge in [0.15, 0.2) is 11.6 Å². The third kappa shape index (κ3) is 13.6. The van der Waals surface area contributed by atoms with E-state index in [0.29, 0.717) is 39.6 Å². The number of ether oxygens (including phenoxy) is 2. The minimum atomic E-state index is -1.62. The van der Waals surface area contributed by atoms with Crippen molar-refractivity contribution in [2.24, 2.45) is 20.5 Å². The van der Waals surface area contributed by atoms with Crippen LogP contribution in [0.5, 0.6) is 11.5 Å². The molecule has 0 spiro atoms. The highest BCUT2D eigenvalue weighted by Gasteiger charge is 2.26. The Labute approximate surface area is 416 Å². The molecule has 5 aromatic rings. The van der Waals surface area contributed by atoms with Gasteiger partial charge in [-0.2, -0.15) is 20.5 Å². The standard InChI is InChI=1S/C47H43Cl5N8O8/c1-23(49)33-18-29(10-15-40(33)67-5)53-44(63)35-20-31(7-12-37(35)51)57-59-42(25(3)61)46(65)55-28-9-14-39(27(17-28)22-48)56-47(66)43(26(4)62)60-58-32-8-13-38(52)36(21-32)45(64)54-30-11-16-41(68-6)34(19-30)24(2)50/h7-21,23-24,42-43H,22H2,1-6H3,(H,53,63)(H,54,64)(H,55,65)(H,56,66). The summed E-state index contributed by atoms with van der Waals surface area (Å²) in [6.07, 6.45) is 0. The van der Waals surface area contributed by atoms with Gasteiger partial charge in [0.2, 0.25) is 12.1 Å². The second kappa shape index (κ2) is 24.0. The fourth-order valence-electron chi connectivity index (χ4n) is 6.34. The maximum Gasteiger partial charge on any atom is 0.258 e. The molecule has 0 saturated carbocycles. The summed E-state index contributed by atoms with van der Waals surface area (Å²) in [5.74, 6) is -3.17. The van der Waals surface area contributed by atoms with Gasteiger partial charge >= 0.3 is 0 Å². The molecule has 0 saturated heterocycles. The Morgan fingerprint density at radius 1 is 0.559 bits per heavy atom. The highest BCUT2D eigenvalue weighted by atomic mass is 35.5. The number of hydrogen-bond acceptors (Lipinski definition) is 12. The van der Waals surface area contributed by atoms with E-state index in [9.17, 15) is 28.8 Å². The first-order chi connectivity index (χ1) is 32.3. The summed E-state index contributed by atoms with van der Waals surface area (Å²) in [6, 6.07) is 19.5. The summed E-state index contributed by atoms with van der Waals surface area (Å²) in [4.78, 5) is 78.6. The molecule has 4 amide bonds. The zero-order valence-corrected chi connectivity index (χ0v) is 40.9. The number of Topliss-reactive ketones (excluding diaryl/α,β-unsaturated/α-hetero) is 2. The SMILES string of the molecule is COc1ccc(NC(=O)c2cc(N=NC(C(C)=O)C(=O)Nc3ccc(NC(=O)C(N=Nc4ccc(Cl)c(C(=O)Nc5ccc(OC)c(C(C)Cl)c5)c4)C(C)=O)c(CCl)c3)ccc2Cl)cc1C(C)Cl. The topological polar surface area (TPSA) is 218 Å². The largest absolute Gasteiger partial charge is 0.496 e. The summed E-state index contributed by atoms with van der Waals surface area (Å²) in [5.41, 5.74) is 3.22. The van der Waals surface area contributed by atoms with Gasteiger partial charge < -0.3 is 30.7 Å². The minimum absolute atomic E-state index is 0.0416. The van der Waals surface area contributed by atoms with Crippen LogP contribution < -0.4 is 30.7 Å². The second-order valence-corrected chi connectivity index (χ2v) is 17.2. The van der Waals surface area contributed by atoms with Gasteiger partial charge in [-0.25, -0.2) is 0 Å². The molecule has 0 aliphatic carbocycles. The van der Waals surface area contributed by atoms with Crippen molar-refractivity contribution in [3.05, 3.63) is 129 Å². The zero-order valence-electron chi connectivity index (χ0n) is 37.1. The first-order valence-corrected chi connectivity index (χ1v) is 22.5. The van der Waals surface area contributed by atoms with E-state index in [4.69, 9.17) is 67.5 Å². The summed E-state index contributed by atoms with van der Waals surface area (Å²) in [6.45, 7) is 5.84. The maximum atomic E-state index is 13.4. The summed E-state index contributed by atoms with van der Waals surface area (Å²) in [7, 11) is 3.02. The van der Waals surface area contributed by atoms with Crippen molar-refractivity contribution in [1.29, 1.82) is 0 Å². The molecule has 0 aliphatic rings. The molecule has 0 heterocycles. The molecule has 0 bridgehead atoms. The second-order valence-electron chi connectivity index (χ2n) is 14.8. The number of amides is 4. The van der Waals surface area contributed by atoms with Crippen molar-refractivity contribution in [2.75, 3.05) is 35.5 Å². The molecule has 0 radical (unpaired) electrons. The Morgan fingerprint density at radius 3 is 1.37 bits per heavy atom. The van der Waals surface area contributed by atoms with Crippen LogP contribution in [0.1, 0.15) is 75.9 Å². The summed E-state index contributed by atoms with van der Waals surface area (Å²) in [5, 5.41) is 26.2. The molecule has 68 heavy (non-hydrogen) atoms. The number of hydrogen-bond donors (Lipinski definition) is 4. The van der Waals surface area contributed by atoms with E-state index < -0.39 is 58.0 Å². The number of methoxy groups -OCH3 is 2. The third-order valence-electron chi connectivity index (χ3n) is 9.84. The number of ketones is 2. The first kappa shape index (κ1) is 52.5. The fraction of sp³-hybridized carbons (Fsp3) is 0.234. The predicted octanol–water partition coefficient (Wildman–Crippen LogP) is 12.2. The van der Waals surface area contributed by atoms with Crippen molar-refractivity contribution < 1.29 is 38.2 Å². The van der Waals surface area contributed by atoms with Gasteiger partial charge in [-0.15, -0.1) is 34.8 Å². The lowest BCUT2D eigenvalue weighted by atomic mass is 10.1. The molecule has 5 rings (SSSR count). The highest BCUT2D eigenvalue weighted by Crippen LogP contribution is 2.34. The van der Waals surface area contributed by atoms with E-state index in [1.165, 1.54) is 68.8 Å². The van der Waals surface area contributed by atoms with Gasteiger partial charge in [-0.1, -0.05) is 23.2 Å². The number of azo groups is 2. The average molecular weight is 1030 g/mol. The number of nitrogens with one attached hydrogen (secondary N) is 4. The van der Waals surface area contributed by atoms with Gasteiger partial charge in [0.1, 0.15) is 11.5 Å². The molecular formula is C47H43Cl5N8O8. The number of rotatable bonds is 19. The zero-order chi connectivity index (χ0) is 49.8. The quantitative estimate of drug-likeness (QED) is 0.0353. The molecule has 16 nitrogen and oxygen atoms in total. The lowest BCUT2D eigenvalue weighted by Gasteiger charge is -2.15. The van der Waals surface area contributed by atoms with Crippen LogP contribution in [-0.2, 0) is 25.1 Å². The van der Waals surface area contributed by atoms with Gasteiger partial charge in [-0.05, 0) is 124 Å².